The van der Waals surface area contributed by atoms with Gasteiger partial charge in [0.1, 0.15) is 256 Å². The summed E-state index contributed by atoms with van der Waals surface area (Å²) in [5.74, 6) is -10.5. The van der Waals surface area contributed by atoms with Crippen molar-refractivity contribution >= 4 is 45.9 Å². The topological polar surface area (TPSA) is 1030 Å². The highest BCUT2D eigenvalue weighted by Crippen LogP contribution is 2.44. The second-order valence-corrected chi connectivity index (χ2v) is 37.5. The van der Waals surface area contributed by atoms with Gasteiger partial charge in [-0.1, -0.05) is 0 Å². The molecule has 66 nitrogen and oxygen atoms in total. The number of amides is 5. The first-order valence-corrected chi connectivity index (χ1v) is 47.2. The Morgan fingerprint density at radius 1 is 0.329 bits per heavy atom. The molecule has 0 saturated carbocycles. The Morgan fingerprint density at radius 2 is 0.658 bits per heavy atom. The molecule has 0 bridgehead atoms. The van der Waals surface area contributed by atoms with Crippen molar-refractivity contribution < 1.29 is 299 Å². The van der Waals surface area contributed by atoms with Crippen molar-refractivity contribution in [2.45, 2.75) is 391 Å². The van der Waals surface area contributed by atoms with Crippen molar-refractivity contribution in [1.29, 1.82) is 0 Å². The first-order chi connectivity index (χ1) is 68.7. The van der Waals surface area contributed by atoms with E-state index in [-0.39, 0.29) is 0 Å². The van der Waals surface area contributed by atoms with Gasteiger partial charge in [-0.15, -0.1) is 0 Å². The van der Waals surface area contributed by atoms with E-state index in [0.717, 1.165) is 34.6 Å². The minimum absolute atomic E-state index is 0.844. The van der Waals surface area contributed by atoms with Gasteiger partial charge in [-0.25, -0.2) is 8.98 Å². The lowest BCUT2D eigenvalue weighted by Gasteiger charge is -2.51. The summed E-state index contributed by atoms with van der Waals surface area (Å²) in [6, 6.07) is -10.00. The van der Waals surface area contributed by atoms with Crippen LogP contribution >= 0.6 is 0 Å². The molecule has 11 aliphatic heterocycles. The smallest absolute Gasteiger partial charge is 0.397 e. The zero-order valence-corrected chi connectivity index (χ0v) is 78.9. The minimum atomic E-state index is -5.56. The van der Waals surface area contributed by atoms with Crippen molar-refractivity contribution in [3.05, 3.63) is 0 Å². The van der Waals surface area contributed by atoms with Gasteiger partial charge >= 0.3 is 16.4 Å². The van der Waals surface area contributed by atoms with Gasteiger partial charge < -0.3 is 279 Å². The molecule has 36 N–H and O–H groups in total. The van der Waals surface area contributed by atoms with Crippen LogP contribution in [0.3, 0.4) is 0 Å². The van der Waals surface area contributed by atoms with Crippen LogP contribution in [-0.4, -0.2) is 611 Å². The monoisotopic (exact) mass is 2160 g/mol. The normalized spacial score (nSPS) is 47.2. The molecule has 5 amide bonds. The van der Waals surface area contributed by atoms with Gasteiger partial charge in [0.15, 0.2) is 62.9 Å². The molecule has 0 aliphatic carbocycles. The molecule has 0 aromatic heterocycles. The molecule has 844 valence electrons. The Bertz CT molecular complexity index is 4300. The first kappa shape index (κ1) is 121. The van der Waals surface area contributed by atoms with Gasteiger partial charge in [0, 0.05) is 41.0 Å². The summed E-state index contributed by atoms with van der Waals surface area (Å²) >= 11 is 0. The largest absolute Gasteiger partial charge is 0.477 e. The zero-order chi connectivity index (χ0) is 108. The summed E-state index contributed by atoms with van der Waals surface area (Å²) in [4.78, 5) is 78.0. The van der Waals surface area contributed by atoms with Crippen LogP contribution in [0, 0.1) is 0 Å². The summed E-state index contributed by atoms with van der Waals surface area (Å²) in [5.41, 5.74) is 0. The van der Waals surface area contributed by atoms with E-state index in [4.69, 9.17) is 99.5 Å². The van der Waals surface area contributed by atoms with Crippen molar-refractivity contribution in [2.75, 3.05) is 66.1 Å². The summed E-state index contributed by atoms with van der Waals surface area (Å²) < 4.78 is 163. The summed E-state index contributed by atoms with van der Waals surface area (Å²) in [6.45, 7) is -6.73. The first-order valence-electron chi connectivity index (χ1n) is 45.8. The Morgan fingerprint density at radius 3 is 1.08 bits per heavy atom. The number of carbonyl (C=O) groups excluding carboxylic acids is 5. The lowest BCUT2D eigenvalue weighted by Crippen LogP contribution is -2.71. The average Bonchev–Trinajstić information content (AvgIpc) is 0.784. The van der Waals surface area contributed by atoms with Crippen molar-refractivity contribution in [1.82, 2.24) is 26.6 Å². The predicted octanol–water partition coefficient (Wildman–Crippen LogP) is -24.2. The van der Waals surface area contributed by atoms with E-state index in [2.05, 4.69) is 30.8 Å². The maximum atomic E-state index is 13.4. The molecular formula is C79H131N5O61S. The minimum Gasteiger partial charge on any atom is -0.477 e. The standard InChI is InChI=1S/C79H131N5O61S/c1-18-40(100)51(111)54(114)72(126-18)124-17-34-61(47(107)36(68(118)127-34)81-20(3)94)136-69-37(82-21(4)95)48(108)58(30(13-90)132-69)137-73-55(115)63(140-77-67(53(113)43(103)27(10-87)131-77)142-71-39(84-23(6)97)50(110)60(32(15-92)134-71)139-75-57(117)65(145-146(121,122)123)45(105)29(12-89)129-75)46(106)33(135-73)16-125-76-66(52(112)42(102)26(9-86)130-76)141-70-38(83-22(5)96)49(109)59(31(14-91)133-70)138-74-56(116)64(44(104)28(11-88)128-74)144-79(78(119)120)7-24(98)35(80-19(2)93)62(143-79)41(101)25(99)8-85/h18,24-77,85-92,98-118H,7-17H2,1-6H3,(H,80,93)(H,81,94)(H,82,95)(H,83,96)(H,84,97)(H,119,120)(H,121,122,123)/t18-,24-,25+,26+,27+,28+,29+,30+,31+,32+,33+,34+,35+,36+,37+,38+,39+,40+,41+,42+,43+,44-,45-,46+,47+,48+,49+,50+,51+,52-,53-,54-,55-,56+,57+,58+,59+,60+,61+,62+,63-,64-,65-,66-,67-,68?,69-,70-,71-,72+,73-,74-,75-,76-,77+,79-/m0/s1. The fourth-order valence-electron chi connectivity index (χ4n) is 18.6. The molecular weight excluding hydrogens is 2030 g/mol. The van der Waals surface area contributed by atoms with Crippen LogP contribution in [0.4, 0.5) is 0 Å². The van der Waals surface area contributed by atoms with Gasteiger partial charge in [-0.3, -0.25) is 28.5 Å². The molecule has 11 saturated heterocycles. The molecule has 0 spiro atoms. The number of aliphatic hydroxyl groups excluding tert-OH is 29. The van der Waals surface area contributed by atoms with Crippen molar-refractivity contribution in [3.8, 4) is 0 Å². The Labute approximate surface area is 825 Å². The molecule has 0 aromatic carbocycles. The third-order valence-electron chi connectivity index (χ3n) is 26.1. The van der Waals surface area contributed by atoms with E-state index in [1.165, 1.54) is 6.92 Å². The molecule has 146 heavy (non-hydrogen) atoms. The highest BCUT2D eigenvalue weighted by Gasteiger charge is 2.65. The van der Waals surface area contributed by atoms with Gasteiger partial charge in [-0.2, -0.15) is 8.42 Å². The molecule has 67 heteroatoms. The van der Waals surface area contributed by atoms with Crippen LogP contribution in [0.2, 0.25) is 0 Å². The van der Waals surface area contributed by atoms with Gasteiger partial charge in [0.05, 0.1) is 84.3 Å². The Kier molecular flexibility index (Phi) is 42.9. The SMILES string of the molecule is CC(=O)N[C@H]1[C@H](O[C@H]2[C@H](O)[C@@H](NC(C)=O)C(O)O[C@@H]2CO[C@@H]2O[C@@H](C)[C@@H](O)[C@@H](O)[C@@H]2O)O[C@H](CO)[C@@H](O[C@@H]2O[C@H](CO[C@H]3O[C@H](CO)[C@@H](O)[C@H](O)[C@@H]3O[C@@H]3O[C@H](CO)[C@@H](O[C@@H]4O[C@H](CO)[C@H](O)[C@H](O[C@]5(C(=O)O)C[C@H](O)[C@@H](NC(C)=O)[C@H]([C@H](O)[C@H](O)CO)O5)[C@H]4O)[C@H](O)[C@H]3NC(C)=O)[C@@H](O)[C@H](O[C@H]3O[C@H](CO)[C@@H](O)[C@H](O)[C@@H]3O[C@@H]3O[C@H](CO)[C@@H](O[C@@H]4O[C@H](CO)[C@H](O)[C@H](OS(=O)(=O)O)[C@H]4O)[C@H](O)[C@H]3NC(C)=O)[C@@H]2O)[C@@H]1O. The Balaban J connectivity index is 0.919. The van der Waals surface area contributed by atoms with E-state index in [9.17, 15) is 195 Å². The van der Waals surface area contributed by atoms with Gasteiger partial charge in [-0.05, 0) is 6.92 Å². The second kappa shape index (κ2) is 51.8. The lowest BCUT2D eigenvalue weighted by molar-refractivity contribution is -0.399. The summed E-state index contributed by atoms with van der Waals surface area (Å²) in [6.07, 6.45) is -114. The number of nitrogens with one attached hydrogen (secondary N) is 5. The summed E-state index contributed by atoms with van der Waals surface area (Å²) in [5, 5.41) is 351. The lowest BCUT2D eigenvalue weighted by atomic mass is 9.88. The number of rotatable bonds is 40. The fraction of sp³-hybridized carbons (Fsp3) is 0.924. The number of ether oxygens (including phenoxy) is 21. The quantitative estimate of drug-likeness (QED) is 0.0253. The van der Waals surface area contributed by atoms with Crippen LogP contribution < -0.4 is 26.6 Å². The van der Waals surface area contributed by atoms with Crippen LogP contribution in [0.15, 0.2) is 0 Å². The van der Waals surface area contributed by atoms with Crippen LogP contribution in [-0.2, 0) is 143 Å². The highest BCUT2D eigenvalue weighted by atomic mass is 32.3. The number of carboxylic acids is 1. The third kappa shape index (κ3) is 27.2. The number of aliphatic carboxylic acids is 1. The highest BCUT2D eigenvalue weighted by molar-refractivity contribution is 7.80. The van der Waals surface area contributed by atoms with Gasteiger partial charge in [0.2, 0.25) is 29.5 Å². The molecule has 11 heterocycles. The van der Waals surface area contributed by atoms with E-state index in [1.54, 1.807) is 0 Å². The number of hydrogen-bond donors (Lipinski definition) is 36. The van der Waals surface area contributed by atoms with Crippen molar-refractivity contribution in [3.63, 3.8) is 0 Å². The molecule has 0 aromatic rings. The fourth-order valence-corrected chi connectivity index (χ4v) is 19.1. The Hall–Kier alpha value is -5.31. The maximum absolute atomic E-state index is 13.4. The maximum Gasteiger partial charge on any atom is 0.397 e. The van der Waals surface area contributed by atoms with E-state index >= 15 is 0 Å². The number of carboxylic acid groups (broad SMARTS) is 1. The predicted molar refractivity (Wildman–Crippen MR) is 447 cm³/mol. The van der Waals surface area contributed by atoms with Crippen LogP contribution in [0.5, 0.6) is 0 Å². The third-order valence-corrected chi connectivity index (χ3v) is 26.6. The molecule has 0 radical (unpaired) electrons. The van der Waals surface area contributed by atoms with Crippen molar-refractivity contribution in [2.24, 2.45) is 0 Å². The number of hydrogen-bond acceptors (Lipinski definition) is 59. The summed E-state index contributed by atoms with van der Waals surface area (Å²) in [7, 11) is -5.56. The molecule has 11 fully saturated rings. The second-order valence-electron chi connectivity index (χ2n) is 36.5. The molecule has 11 rings (SSSR count). The number of aliphatic hydroxyl groups is 29. The van der Waals surface area contributed by atoms with Gasteiger partial charge in [0.25, 0.3) is 5.79 Å². The van der Waals surface area contributed by atoms with Crippen LogP contribution in [0.25, 0.3) is 0 Å². The zero-order valence-electron chi connectivity index (χ0n) is 78.1. The average molecular weight is 2160 g/mol. The molecule has 56 atom stereocenters. The van der Waals surface area contributed by atoms with Crippen LogP contribution in [0.1, 0.15) is 48.0 Å². The van der Waals surface area contributed by atoms with E-state index in [1.807, 2.05) is 0 Å². The van der Waals surface area contributed by atoms with E-state index in [0.29, 0.717) is 0 Å². The molecule has 11 aliphatic rings. The number of carbonyl (C=O) groups is 6. The molecule has 1 unspecified atom stereocenters. The van der Waals surface area contributed by atoms with E-state index < -0.39 is 461 Å².